The van der Waals surface area contributed by atoms with Crippen molar-refractivity contribution in [3.05, 3.63) is 33.8 Å². The van der Waals surface area contributed by atoms with Gasteiger partial charge in [-0.05, 0) is 75.4 Å². The number of unbranched alkanes of at least 4 members (excludes halogenated alkanes) is 1. The Balaban J connectivity index is 2.34. The Kier molecular flexibility index (Phi) is 6.61. The summed E-state index contributed by atoms with van der Waals surface area (Å²) in [5, 5.41) is 4.32. The number of hydrogen-bond acceptors (Lipinski definition) is 1. The van der Waals surface area contributed by atoms with Crippen molar-refractivity contribution in [2.75, 3.05) is 13.1 Å². The second kappa shape index (κ2) is 7.73. The maximum Gasteiger partial charge on any atom is 0.0438 e. The topological polar surface area (TPSA) is 12.0 Å². The van der Waals surface area contributed by atoms with Gasteiger partial charge < -0.3 is 5.32 Å². The molecule has 0 fully saturated rings. The third-order valence-corrected chi connectivity index (χ3v) is 3.50. The van der Waals surface area contributed by atoms with Crippen LogP contribution in [0.25, 0.3) is 0 Å². The fraction of sp³-hybridized carbons (Fsp3) is 0.600. The van der Waals surface area contributed by atoms with E-state index in [2.05, 4.69) is 38.2 Å². The highest BCUT2D eigenvalue weighted by Crippen LogP contribution is 2.21. The summed E-state index contributed by atoms with van der Waals surface area (Å²) < 4.78 is 0. The van der Waals surface area contributed by atoms with Gasteiger partial charge in [0.1, 0.15) is 0 Å². The van der Waals surface area contributed by atoms with Crippen molar-refractivity contribution in [3.63, 3.8) is 0 Å². The summed E-state index contributed by atoms with van der Waals surface area (Å²) in [5.41, 5.74) is 3.96. The van der Waals surface area contributed by atoms with E-state index < -0.39 is 0 Å². The first kappa shape index (κ1) is 14.5. The van der Waals surface area contributed by atoms with E-state index in [1.54, 1.807) is 0 Å². The van der Waals surface area contributed by atoms with Crippen LogP contribution in [0.4, 0.5) is 0 Å². The van der Waals surface area contributed by atoms with E-state index in [1.807, 2.05) is 0 Å². The second-order valence-electron chi connectivity index (χ2n) is 4.73. The maximum atomic E-state index is 6.09. The van der Waals surface area contributed by atoms with Gasteiger partial charge in [-0.3, -0.25) is 0 Å². The lowest BCUT2D eigenvalue weighted by atomic mass is 10.0. The van der Waals surface area contributed by atoms with Crippen molar-refractivity contribution in [2.24, 2.45) is 0 Å². The SMILES string of the molecule is CCCNCCCCc1cc(C)c(Cl)cc1C. The van der Waals surface area contributed by atoms with Crippen LogP contribution in [0.5, 0.6) is 0 Å². The van der Waals surface area contributed by atoms with Crippen LogP contribution in [0.1, 0.15) is 42.9 Å². The van der Waals surface area contributed by atoms with Crippen LogP contribution in [0.2, 0.25) is 5.02 Å². The lowest BCUT2D eigenvalue weighted by molar-refractivity contribution is 0.616. The van der Waals surface area contributed by atoms with Crippen molar-refractivity contribution in [2.45, 2.75) is 46.5 Å². The van der Waals surface area contributed by atoms with Crippen molar-refractivity contribution >= 4 is 11.6 Å². The molecule has 1 aromatic rings. The molecule has 0 aromatic heterocycles. The molecule has 0 saturated carbocycles. The molecule has 0 saturated heterocycles. The Hall–Kier alpha value is -0.530. The Morgan fingerprint density at radius 1 is 1.06 bits per heavy atom. The van der Waals surface area contributed by atoms with Gasteiger partial charge in [-0.15, -0.1) is 0 Å². The van der Waals surface area contributed by atoms with Gasteiger partial charge in [0.05, 0.1) is 0 Å². The molecular weight excluding hydrogens is 230 g/mol. The Morgan fingerprint density at radius 3 is 2.53 bits per heavy atom. The molecule has 1 rings (SSSR count). The van der Waals surface area contributed by atoms with E-state index in [0.717, 1.165) is 24.5 Å². The molecule has 17 heavy (non-hydrogen) atoms. The highest BCUT2D eigenvalue weighted by atomic mass is 35.5. The van der Waals surface area contributed by atoms with E-state index in [0.29, 0.717) is 0 Å². The standard InChI is InChI=1S/C15H24ClN/c1-4-8-17-9-6-5-7-14-10-13(3)15(16)11-12(14)2/h10-11,17H,4-9H2,1-3H3. The highest BCUT2D eigenvalue weighted by molar-refractivity contribution is 6.31. The van der Waals surface area contributed by atoms with E-state index in [9.17, 15) is 0 Å². The van der Waals surface area contributed by atoms with E-state index >= 15 is 0 Å². The van der Waals surface area contributed by atoms with E-state index in [4.69, 9.17) is 11.6 Å². The van der Waals surface area contributed by atoms with Crippen LogP contribution >= 0.6 is 11.6 Å². The van der Waals surface area contributed by atoms with Gasteiger partial charge in [0, 0.05) is 5.02 Å². The largest absolute Gasteiger partial charge is 0.317 e. The molecule has 0 aliphatic rings. The van der Waals surface area contributed by atoms with Gasteiger partial charge in [0.25, 0.3) is 0 Å². The number of halogens is 1. The average molecular weight is 254 g/mol. The molecule has 2 heteroatoms. The monoisotopic (exact) mass is 253 g/mol. The fourth-order valence-electron chi connectivity index (χ4n) is 1.98. The third kappa shape index (κ3) is 5.10. The zero-order valence-electron chi connectivity index (χ0n) is 11.3. The fourth-order valence-corrected chi connectivity index (χ4v) is 2.20. The van der Waals surface area contributed by atoms with E-state index in [1.165, 1.54) is 36.0 Å². The van der Waals surface area contributed by atoms with Crippen LogP contribution in [0.15, 0.2) is 12.1 Å². The van der Waals surface area contributed by atoms with Crippen LogP contribution in [-0.2, 0) is 6.42 Å². The smallest absolute Gasteiger partial charge is 0.0438 e. The predicted octanol–water partition coefficient (Wildman–Crippen LogP) is 4.28. The summed E-state index contributed by atoms with van der Waals surface area (Å²) >= 11 is 6.09. The number of nitrogens with one attached hydrogen (secondary N) is 1. The number of hydrogen-bond donors (Lipinski definition) is 1. The summed E-state index contributed by atoms with van der Waals surface area (Å²) in [7, 11) is 0. The zero-order valence-corrected chi connectivity index (χ0v) is 12.0. The Morgan fingerprint density at radius 2 is 1.82 bits per heavy atom. The maximum absolute atomic E-state index is 6.09. The Labute approximate surface area is 111 Å². The van der Waals surface area contributed by atoms with Crippen LogP contribution in [0.3, 0.4) is 0 Å². The van der Waals surface area contributed by atoms with Crippen molar-refractivity contribution in [1.82, 2.24) is 5.32 Å². The highest BCUT2D eigenvalue weighted by Gasteiger charge is 2.02. The van der Waals surface area contributed by atoms with Crippen LogP contribution < -0.4 is 5.32 Å². The van der Waals surface area contributed by atoms with Gasteiger partial charge in [0.2, 0.25) is 0 Å². The summed E-state index contributed by atoms with van der Waals surface area (Å²) in [6.07, 6.45) is 4.88. The van der Waals surface area contributed by atoms with Crippen LogP contribution in [0, 0.1) is 13.8 Å². The molecule has 96 valence electrons. The zero-order chi connectivity index (χ0) is 12.7. The van der Waals surface area contributed by atoms with E-state index in [-0.39, 0.29) is 0 Å². The molecular formula is C15H24ClN. The first-order valence-corrected chi connectivity index (χ1v) is 6.99. The minimum Gasteiger partial charge on any atom is -0.317 e. The van der Waals surface area contributed by atoms with Crippen molar-refractivity contribution in [1.29, 1.82) is 0 Å². The number of aryl methyl sites for hydroxylation is 3. The molecule has 0 heterocycles. The van der Waals surface area contributed by atoms with Crippen molar-refractivity contribution in [3.8, 4) is 0 Å². The van der Waals surface area contributed by atoms with Crippen molar-refractivity contribution < 1.29 is 0 Å². The summed E-state index contributed by atoms with van der Waals surface area (Å²) in [6.45, 7) is 8.70. The molecule has 1 aromatic carbocycles. The van der Waals surface area contributed by atoms with Gasteiger partial charge in [0.15, 0.2) is 0 Å². The minimum absolute atomic E-state index is 0.885. The number of rotatable bonds is 7. The van der Waals surface area contributed by atoms with Crippen LogP contribution in [-0.4, -0.2) is 13.1 Å². The molecule has 0 radical (unpaired) electrons. The summed E-state index contributed by atoms with van der Waals surface area (Å²) in [4.78, 5) is 0. The normalized spacial score (nSPS) is 10.8. The molecule has 0 bridgehead atoms. The van der Waals surface area contributed by atoms with Gasteiger partial charge in [-0.1, -0.05) is 24.6 Å². The lowest BCUT2D eigenvalue weighted by Gasteiger charge is -2.09. The quantitative estimate of drug-likeness (QED) is 0.716. The first-order chi connectivity index (χ1) is 8.15. The molecule has 1 nitrogen and oxygen atoms in total. The Bertz CT molecular complexity index is 347. The molecule has 0 unspecified atom stereocenters. The summed E-state index contributed by atoms with van der Waals surface area (Å²) in [6, 6.07) is 4.32. The lowest BCUT2D eigenvalue weighted by Crippen LogP contribution is -2.15. The molecule has 0 spiro atoms. The molecule has 1 N–H and O–H groups in total. The summed E-state index contributed by atoms with van der Waals surface area (Å²) in [5.74, 6) is 0. The van der Waals surface area contributed by atoms with Gasteiger partial charge >= 0.3 is 0 Å². The predicted molar refractivity (Wildman–Crippen MR) is 77.0 cm³/mol. The molecule has 0 aliphatic heterocycles. The number of benzene rings is 1. The molecule has 0 amide bonds. The molecule has 0 aliphatic carbocycles. The average Bonchev–Trinajstić information content (AvgIpc) is 2.30. The minimum atomic E-state index is 0.885. The van der Waals surface area contributed by atoms with Gasteiger partial charge in [-0.25, -0.2) is 0 Å². The third-order valence-electron chi connectivity index (χ3n) is 3.09. The van der Waals surface area contributed by atoms with Gasteiger partial charge in [-0.2, -0.15) is 0 Å². The molecule has 0 atom stereocenters. The second-order valence-corrected chi connectivity index (χ2v) is 5.14. The first-order valence-electron chi connectivity index (χ1n) is 6.61.